The van der Waals surface area contributed by atoms with E-state index in [9.17, 15) is 4.79 Å². The second-order valence-electron chi connectivity index (χ2n) is 6.08. The van der Waals surface area contributed by atoms with Crippen molar-refractivity contribution < 1.29 is 4.79 Å². The van der Waals surface area contributed by atoms with Crippen LogP contribution in [0.4, 0.5) is 10.8 Å². The van der Waals surface area contributed by atoms with Crippen LogP contribution in [0.3, 0.4) is 0 Å². The Balaban J connectivity index is 1.89. The lowest BCUT2D eigenvalue weighted by Gasteiger charge is -2.14. The van der Waals surface area contributed by atoms with Gasteiger partial charge in [-0.3, -0.25) is 4.79 Å². The molecule has 0 saturated heterocycles. The molecule has 1 aromatic carbocycles. The van der Waals surface area contributed by atoms with Gasteiger partial charge < -0.3 is 11.1 Å². The lowest BCUT2D eigenvalue weighted by molar-refractivity contribution is -0.116. The predicted molar refractivity (Wildman–Crippen MR) is 88.6 cm³/mol. The van der Waals surface area contributed by atoms with Gasteiger partial charge in [0.2, 0.25) is 5.91 Å². The van der Waals surface area contributed by atoms with Crippen molar-refractivity contribution in [1.29, 1.82) is 0 Å². The Kier molecular flexibility index (Phi) is 4.63. The van der Waals surface area contributed by atoms with Gasteiger partial charge in [0.05, 0.1) is 5.69 Å². The van der Waals surface area contributed by atoms with E-state index < -0.39 is 0 Å². The van der Waals surface area contributed by atoms with Crippen molar-refractivity contribution >= 4 is 28.1 Å². The molecule has 0 bridgehead atoms. The molecule has 0 aliphatic carbocycles. The minimum absolute atomic E-state index is 0.00103. The number of rotatable bonds is 4. The second-order valence-corrected chi connectivity index (χ2v) is 6.94. The number of nitrogens with zero attached hydrogens (tertiary/aromatic N) is 1. The number of thiazole rings is 1. The Morgan fingerprint density at radius 1 is 1.38 bits per heavy atom. The molecule has 2 rings (SSSR count). The van der Waals surface area contributed by atoms with Crippen molar-refractivity contribution in [2.75, 3.05) is 11.1 Å². The molecule has 0 atom stereocenters. The van der Waals surface area contributed by atoms with Crippen LogP contribution in [0.15, 0.2) is 29.6 Å². The average molecular weight is 303 g/mol. The molecule has 112 valence electrons. The van der Waals surface area contributed by atoms with Gasteiger partial charge in [-0.2, -0.15) is 0 Å². The highest BCUT2D eigenvalue weighted by Crippen LogP contribution is 2.26. The van der Waals surface area contributed by atoms with E-state index in [2.05, 4.69) is 31.1 Å². The maximum Gasteiger partial charge on any atom is 0.226 e. The Hall–Kier alpha value is -1.88. The number of carbonyl (C=O) groups excluding carboxylic acids is 1. The zero-order valence-electron chi connectivity index (χ0n) is 12.6. The largest absolute Gasteiger partial charge is 0.399 e. The first-order valence-corrected chi connectivity index (χ1v) is 7.83. The van der Waals surface area contributed by atoms with Gasteiger partial charge in [-0.15, -0.1) is 11.3 Å². The molecule has 0 unspecified atom stereocenters. The molecule has 3 N–H and O–H groups in total. The first kappa shape index (κ1) is 15.5. The molecule has 0 fully saturated rings. The normalized spacial score (nSPS) is 11.4. The van der Waals surface area contributed by atoms with E-state index in [0.29, 0.717) is 18.0 Å². The highest BCUT2D eigenvalue weighted by Gasteiger charge is 2.18. The van der Waals surface area contributed by atoms with Crippen molar-refractivity contribution in [3.63, 3.8) is 0 Å². The molecule has 0 aliphatic rings. The third-order valence-electron chi connectivity index (χ3n) is 3.11. The SMILES string of the molecule is CC(C)(C)c1csc(NC(=O)CCc2cccc(N)c2)n1. The molecular weight excluding hydrogens is 282 g/mol. The van der Waals surface area contributed by atoms with E-state index in [4.69, 9.17) is 5.73 Å². The summed E-state index contributed by atoms with van der Waals surface area (Å²) in [5, 5.41) is 5.51. The molecular formula is C16H21N3OS. The highest BCUT2D eigenvalue weighted by molar-refractivity contribution is 7.13. The molecule has 1 heterocycles. The predicted octanol–water partition coefficient (Wildman–Crippen LogP) is 3.59. The van der Waals surface area contributed by atoms with Gasteiger partial charge in [-0.25, -0.2) is 4.98 Å². The van der Waals surface area contributed by atoms with Gasteiger partial charge in [0, 0.05) is 22.9 Å². The lowest BCUT2D eigenvalue weighted by Crippen LogP contribution is -2.14. The molecule has 0 aliphatic heterocycles. The number of aryl methyl sites for hydroxylation is 1. The zero-order chi connectivity index (χ0) is 15.5. The van der Waals surface area contributed by atoms with E-state index in [-0.39, 0.29) is 11.3 Å². The summed E-state index contributed by atoms with van der Waals surface area (Å²) in [6.07, 6.45) is 1.10. The summed E-state index contributed by atoms with van der Waals surface area (Å²) in [6.45, 7) is 6.31. The summed E-state index contributed by atoms with van der Waals surface area (Å²) >= 11 is 1.47. The van der Waals surface area contributed by atoms with E-state index in [1.807, 2.05) is 29.6 Å². The number of amides is 1. The molecule has 2 aromatic rings. The quantitative estimate of drug-likeness (QED) is 0.848. The van der Waals surface area contributed by atoms with Crippen LogP contribution in [0.5, 0.6) is 0 Å². The van der Waals surface area contributed by atoms with E-state index in [1.165, 1.54) is 11.3 Å². The summed E-state index contributed by atoms with van der Waals surface area (Å²) in [7, 11) is 0. The molecule has 0 spiro atoms. The molecule has 4 nitrogen and oxygen atoms in total. The highest BCUT2D eigenvalue weighted by atomic mass is 32.1. The van der Waals surface area contributed by atoms with Crippen molar-refractivity contribution in [3.8, 4) is 0 Å². The minimum Gasteiger partial charge on any atom is -0.399 e. The zero-order valence-corrected chi connectivity index (χ0v) is 13.5. The van der Waals surface area contributed by atoms with Gasteiger partial charge in [-0.1, -0.05) is 32.9 Å². The number of carbonyl (C=O) groups is 1. The van der Waals surface area contributed by atoms with Gasteiger partial charge in [-0.05, 0) is 24.1 Å². The fraction of sp³-hybridized carbons (Fsp3) is 0.375. The Labute approximate surface area is 129 Å². The van der Waals surface area contributed by atoms with Crippen LogP contribution in [0.25, 0.3) is 0 Å². The number of nitrogen functional groups attached to an aromatic ring is 1. The van der Waals surface area contributed by atoms with Gasteiger partial charge in [0.15, 0.2) is 5.13 Å². The lowest BCUT2D eigenvalue weighted by atomic mass is 9.93. The molecule has 1 aromatic heterocycles. The third kappa shape index (κ3) is 4.56. The smallest absolute Gasteiger partial charge is 0.226 e. The molecule has 1 amide bonds. The van der Waals surface area contributed by atoms with Crippen LogP contribution in [-0.4, -0.2) is 10.9 Å². The molecule has 0 radical (unpaired) electrons. The molecule has 21 heavy (non-hydrogen) atoms. The van der Waals surface area contributed by atoms with Crippen LogP contribution >= 0.6 is 11.3 Å². The first-order chi connectivity index (χ1) is 9.84. The number of hydrogen-bond acceptors (Lipinski definition) is 4. The van der Waals surface area contributed by atoms with E-state index in [0.717, 1.165) is 16.9 Å². The van der Waals surface area contributed by atoms with Crippen LogP contribution < -0.4 is 11.1 Å². The summed E-state index contributed by atoms with van der Waals surface area (Å²) in [5.74, 6) is -0.0211. The maximum atomic E-state index is 12.0. The van der Waals surface area contributed by atoms with Gasteiger partial charge >= 0.3 is 0 Å². The van der Waals surface area contributed by atoms with E-state index >= 15 is 0 Å². The van der Waals surface area contributed by atoms with Gasteiger partial charge in [0.1, 0.15) is 0 Å². The van der Waals surface area contributed by atoms with Crippen LogP contribution in [-0.2, 0) is 16.6 Å². The summed E-state index contributed by atoms with van der Waals surface area (Å²) in [5.41, 5.74) is 8.52. The number of aromatic nitrogens is 1. The van der Waals surface area contributed by atoms with Crippen molar-refractivity contribution in [1.82, 2.24) is 4.98 Å². The second kappa shape index (κ2) is 6.26. The van der Waals surface area contributed by atoms with Crippen LogP contribution in [0.1, 0.15) is 38.4 Å². The van der Waals surface area contributed by atoms with Gasteiger partial charge in [0.25, 0.3) is 0 Å². The number of hydrogen-bond donors (Lipinski definition) is 2. The Morgan fingerprint density at radius 2 is 2.14 bits per heavy atom. The monoisotopic (exact) mass is 303 g/mol. The van der Waals surface area contributed by atoms with E-state index in [1.54, 1.807) is 0 Å². The number of anilines is 2. The standard InChI is InChI=1S/C16H21N3OS/c1-16(2,3)13-10-21-15(18-13)19-14(20)8-7-11-5-4-6-12(17)9-11/h4-6,9-10H,7-8,17H2,1-3H3,(H,18,19,20). The van der Waals surface area contributed by atoms with Crippen molar-refractivity contribution in [2.24, 2.45) is 0 Å². The number of nitrogens with one attached hydrogen (secondary N) is 1. The summed E-state index contributed by atoms with van der Waals surface area (Å²) in [4.78, 5) is 16.4. The fourth-order valence-corrected chi connectivity index (χ4v) is 2.82. The molecule has 0 saturated carbocycles. The Bertz CT molecular complexity index is 628. The van der Waals surface area contributed by atoms with Crippen LogP contribution in [0, 0.1) is 0 Å². The summed E-state index contributed by atoms with van der Waals surface area (Å²) < 4.78 is 0. The minimum atomic E-state index is -0.0211. The first-order valence-electron chi connectivity index (χ1n) is 6.95. The maximum absolute atomic E-state index is 12.0. The van der Waals surface area contributed by atoms with Crippen molar-refractivity contribution in [3.05, 3.63) is 40.9 Å². The summed E-state index contributed by atoms with van der Waals surface area (Å²) in [6, 6.07) is 7.62. The average Bonchev–Trinajstić information content (AvgIpc) is 2.85. The number of benzene rings is 1. The fourth-order valence-electron chi connectivity index (χ4n) is 1.86. The third-order valence-corrected chi connectivity index (χ3v) is 3.87. The van der Waals surface area contributed by atoms with Crippen molar-refractivity contribution in [2.45, 2.75) is 39.0 Å². The van der Waals surface area contributed by atoms with Crippen LogP contribution in [0.2, 0.25) is 0 Å². The number of nitrogens with two attached hydrogens (primary N) is 1. The Morgan fingerprint density at radius 3 is 2.76 bits per heavy atom. The molecule has 5 heteroatoms. The topological polar surface area (TPSA) is 68.0 Å².